The predicted molar refractivity (Wildman–Crippen MR) is 54.3 cm³/mol. The molecular weight excluding hydrogens is 196 g/mol. The Bertz CT molecular complexity index is 555. The van der Waals surface area contributed by atoms with E-state index in [0.717, 1.165) is 5.69 Å². The Morgan fingerprint density at radius 3 is 2.80 bits per heavy atom. The molecule has 6 nitrogen and oxygen atoms in total. The minimum Gasteiger partial charge on any atom is -0.467 e. The summed E-state index contributed by atoms with van der Waals surface area (Å²) >= 11 is 0. The van der Waals surface area contributed by atoms with E-state index >= 15 is 0 Å². The van der Waals surface area contributed by atoms with Crippen molar-refractivity contribution in [1.29, 1.82) is 0 Å². The second-order valence-electron chi connectivity index (χ2n) is 3.21. The van der Waals surface area contributed by atoms with E-state index in [1.54, 1.807) is 6.92 Å². The maximum absolute atomic E-state index is 11.8. The highest BCUT2D eigenvalue weighted by molar-refractivity contribution is 5.32. The van der Waals surface area contributed by atoms with Gasteiger partial charge in [-0.3, -0.25) is 4.79 Å². The lowest BCUT2D eigenvalue weighted by molar-refractivity contribution is 0.380. The number of hydrogen-bond acceptors (Lipinski definition) is 4. The van der Waals surface area contributed by atoms with Crippen LogP contribution in [0.25, 0.3) is 5.78 Å². The van der Waals surface area contributed by atoms with Gasteiger partial charge in [-0.05, 0) is 13.3 Å². The molecule has 0 aliphatic rings. The van der Waals surface area contributed by atoms with Gasteiger partial charge in [0.25, 0.3) is 11.3 Å². The number of rotatable bonds is 2. The summed E-state index contributed by atoms with van der Waals surface area (Å²) in [6, 6.07) is 0.284. The predicted octanol–water partition coefficient (Wildman–Crippen LogP) is 0.297. The van der Waals surface area contributed by atoms with Crippen molar-refractivity contribution in [2.45, 2.75) is 20.3 Å². The number of ether oxygens (including phenoxy) is 1. The number of H-pyrrole nitrogens is 1. The zero-order valence-electron chi connectivity index (χ0n) is 8.87. The molecular formula is C9H12N4O2. The van der Waals surface area contributed by atoms with Crippen molar-refractivity contribution in [1.82, 2.24) is 19.6 Å². The molecule has 2 aromatic heterocycles. The average molecular weight is 208 g/mol. The van der Waals surface area contributed by atoms with Crippen molar-refractivity contribution in [2.24, 2.45) is 0 Å². The zero-order chi connectivity index (χ0) is 11.0. The Balaban J connectivity index is 2.81. The first-order valence-corrected chi connectivity index (χ1v) is 4.69. The Hall–Kier alpha value is -1.85. The van der Waals surface area contributed by atoms with Crippen molar-refractivity contribution in [2.75, 3.05) is 7.11 Å². The van der Waals surface area contributed by atoms with E-state index in [1.165, 1.54) is 11.6 Å². The van der Waals surface area contributed by atoms with Gasteiger partial charge >= 0.3 is 6.01 Å². The molecule has 80 valence electrons. The first kappa shape index (κ1) is 9.70. The number of aromatic nitrogens is 4. The number of methoxy groups -OCH3 is 1. The third-order valence-electron chi connectivity index (χ3n) is 2.33. The van der Waals surface area contributed by atoms with Gasteiger partial charge in [0.2, 0.25) is 0 Å². The molecule has 0 fully saturated rings. The third kappa shape index (κ3) is 1.38. The van der Waals surface area contributed by atoms with Crippen LogP contribution in [-0.2, 0) is 6.42 Å². The Morgan fingerprint density at radius 1 is 1.47 bits per heavy atom. The van der Waals surface area contributed by atoms with Crippen molar-refractivity contribution >= 4 is 5.78 Å². The quantitative estimate of drug-likeness (QED) is 0.770. The van der Waals surface area contributed by atoms with Gasteiger partial charge in [-0.25, -0.2) is 10.1 Å². The molecule has 0 amide bonds. The topological polar surface area (TPSA) is 72.3 Å². The zero-order valence-corrected chi connectivity index (χ0v) is 8.87. The molecule has 0 saturated heterocycles. The van der Waals surface area contributed by atoms with E-state index < -0.39 is 0 Å². The minimum absolute atomic E-state index is 0.132. The van der Waals surface area contributed by atoms with Crippen LogP contribution in [0, 0.1) is 6.92 Å². The molecule has 0 unspecified atom stereocenters. The Morgan fingerprint density at radius 2 is 2.20 bits per heavy atom. The van der Waals surface area contributed by atoms with Crippen LogP contribution < -0.4 is 10.3 Å². The van der Waals surface area contributed by atoms with E-state index in [1.807, 2.05) is 6.92 Å². The largest absolute Gasteiger partial charge is 0.467 e. The molecule has 0 aliphatic heterocycles. The van der Waals surface area contributed by atoms with Crippen molar-refractivity contribution in [3.8, 4) is 6.01 Å². The second kappa shape index (κ2) is 3.38. The first-order valence-electron chi connectivity index (χ1n) is 4.69. The van der Waals surface area contributed by atoms with Crippen LogP contribution in [0.2, 0.25) is 0 Å². The molecule has 0 saturated carbocycles. The number of aromatic amines is 1. The van der Waals surface area contributed by atoms with Crippen molar-refractivity contribution in [3.63, 3.8) is 0 Å². The van der Waals surface area contributed by atoms with Crippen LogP contribution in [0.15, 0.2) is 4.79 Å². The Labute approximate surface area is 85.9 Å². The van der Waals surface area contributed by atoms with Gasteiger partial charge in [-0.1, -0.05) is 6.92 Å². The Kier molecular flexibility index (Phi) is 2.18. The van der Waals surface area contributed by atoms with Crippen molar-refractivity contribution < 1.29 is 4.74 Å². The van der Waals surface area contributed by atoms with E-state index in [4.69, 9.17) is 4.74 Å². The van der Waals surface area contributed by atoms with Gasteiger partial charge in [0.15, 0.2) is 0 Å². The first-order chi connectivity index (χ1) is 7.17. The lowest BCUT2D eigenvalue weighted by Gasteiger charge is -1.99. The average Bonchev–Trinajstić information content (AvgIpc) is 2.66. The molecule has 2 heterocycles. The molecule has 1 N–H and O–H groups in total. The van der Waals surface area contributed by atoms with Gasteiger partial charge in [-0.2, -0.15) is 9.50 Å². The van der Waals surface area contributed by atoms with E-state index in [-0.39, 0.29) is 11.6 Å². The number of hydrogen-bond donors (Lipinski definition) is 1. The highest BCUT2D eigenvalue weighted by Gasteiger charge is 2.11. The van der Waals surface area contributed by atoms with Crippen LogP contribution in [-0.4, -0.2) is 26.7 Å². The number of fused-ring (bicyclic) bond motifs is 1. The molecule has 0 radical (unpaired) electrons. The summed E-state index contributed by atoms with van der Waals surface area (Å²) in [6.07, 6.45) is 0.715. The fourth-order valence-electron chi connectivity index (χ4n) is 1.46. The molecule has 2 rings (SSSR count). The lowest BCUT2D eigenvalue weighted by Crippen LogP contribution is -2.20. The minimum atomic E-state index is -0.132. The summed E-state index contributed by atoms with van der Waals surface area (Å²) in [6.45, 7) is 3.71. The summed E-state index contributed by atoms with van der Waals surface area (Å²) in [5.74, 6) is 0.347. The fourth-order valence-corrected chi connectivity index (χ4v) is 1.46. The normalized spacial score (nSPS) is 10.9. The van der Waals surface area contributed by atoms with E-state index in [9.17, 15) is 4.79 Å². The van der Waals surface area contributed by atoms with Gasteiger partial charge in [-0.15, -0.1) is 0 Å². The van der Waals surface area contributed by atoms with Crippen LogP contribution in [0.1, 0.15) is 18.2 Å². The van der Waals surface area contributed by atoms with E-state index in [2.05, 4.69) is 15.1 Å². The van der Waals surface area contributed by atoms with Crippen molar-refractivity contribution in [3.05, 3.63) is 21.6 Å². The second-order valence-corrected chi connectivity index (χ2v) is 3.21. The van der Waals surface area contributed by atoms with Gasteiger partial charge < -0.3 is 4.74 Å². The summed E-state index contributed by atoms with van der Waals surface area (Å²) < 4.78 is 6.19. The monoisotopic (exact) mass is 208 g/mol. The standard InChI is InChI=1S/C9H12N4O2/c1-4-6-5(2)7(14)13-8(10-6)11-9(12-13)15-3/h4H2,1-3H3,(H,10,11,12). The molecule has 0 bridgehead atoms. The molecule has 0 aromatic carbocycles. The molecule has 15 heavy (non-hydrogen) atoms. The summed E-state index contributed by atoms with van der Waals surface area (Å²) in [4.78, 5) is 20.1. The summed E-state index contributed by atoms with van der Waals surface area (Å²) in [5.41, 5.74) is 1.28. The van der Waals surface area contributed by atoms with Gasteiger partial charge in [0.1, 0.15) is 0 Å². The number of nitrogens with one attached hydrogen (secondary N) is 1. The molecule has 0 aliphatic carbocycles. The maximum atomic E-state index is 11.8. The number of nitrogens with zero attached hydrogens (tertiary/aromatic N) is 3. The van der Waals surface area contributed by atoms with Gasteiger partial charge in [0, 0.05) is 5.56 Å². The molecule has 2 aromatic rings. The molecule has 0 atom stereocenters. The molecule has 6 heteroatoms. The lowest BCUT2D eigenvalue weighted by atomic mass is 10.2. The third-order valence-corrected chi connectivity index (χ3v) is 2.33. The number of aryl methyl sites for hydroxylation is 1. The van der Waals surface area contributed by atoms with Crippen LogP contribution in [0.5, 0.6) is 6.01 Å². The fraction of sp³-hybridized carbons (Fsp3) is 0.444. The SMILES string of the molecule is CCc1nc2nc(OC)[nH]n2c(=O)c1C. The smallest absolute Gasteiger partial charge is 0.312 e. The van der Waals surface area contributed by atoms with Crippen LogP contribution in [0.3, 0.4) is 0 Å². The van der Waals surface area contributed by atoms with Gasteiger partial charge in [0.05, 0.1) is 12.8 Å². The van der Waals surface area contributed by atoms with Crippen LogP contribution >= 0.6 is 0 Å². The molecule has 0 spiro atoms. The van der Waals surface area contributed by atoms with E-state index in [0.29, 0.717) is 17.8 Å². The highest BCUT2D eigenvalue weighted by atomic mass is 16.5. The maximum Gasteiger partial charge on any atom is 0.312 e. The van der Waals surface area contributed by atoms with Crippen LogP contribution in [0.4, 0.5) is 0 Å². The summed E-state index contributed by atoms with van der Waals surface area (Å²) in [5, 5.41) is 2.71. The summed E-state index contributed by atoms with van der Waals surface area (Å²) in [7, 11) is 1.48. The highest BCUT2D eigenvalue weighted by Crippen LogP contribution is 2.06.